The van der Waals surface area contributed by atoms with Gasteiger partial charge in [-0.05, 0) is 19.1 Å². The maximum absolute atomic E-state index is 12.3. The number of hydrogen-bond acceptors (Lipinski definition) is 5. The molecule has 0 fully saturated rings. The maximum atomic E-state index is 12.3. The summed E-state index contributed by atoms with van der Waals surface area (Å²) in [6.45, 7) is 1.87. The number of hydrogen-bond donors (Lipinski definition) is 0. The highest BCUT2D eigenvalue weighted by atomic mass is 16.2. The first-order chi connectivity index (χ1) is 10.9. The summed E-state index contributed by atoms with van der Waals surface area (Å²) in [6.07, 6.45) is 0. The van der Waals surface area contributed by atoms with Crippen molar-refractivity contribution in [3.05, 3.63) is 34.6 Å². The summed E-state index contributed by atoms with van der Waals surface area (Å²) >= 11 is 0. The van der Waals surface area contributed by atoms with Gasteiger partial charge in [0.25, 0.3) is 5.56 Å². The van der Waals surface area contributed by atoms with Crippen LogP contribution in [-0.2, 0) is 16.1 Å². The van der Waals surface area contributed by atoms with Crippen molar-refractivity contribution in [1.82, 2.24) is 24.8 Å². The monoisotopic (exact) mass is 317 g/mol. The Morgan fingerprint density at radius 3 is 2.52 bits per heavy atom. The average molecular weight is 317 g/mol. The molecule has 2 amide bonds. The Morgan fingerprint density at radius 2 is 1.87 bits per heavy atom. The van der Waals surface area contributed by atoms with Crippen LogP contribution in [0.2, 0.25) is 0 Å². The molecule has 8 nitrogen and oxygen atoms in total. The number of rotatable bonds is 5. The average Bonchev–Trinajstić information content (AvgIpc) is 2.54. The highest BCUT2D eigenvalue weighted by Crippen LogP contribution is 2.03. The van der Waals surface area contributed by atoms with Crippen molar-refractivity contribution in [3.63, 3.8) is 0 Å². The third kappa shape index (κ3) is 3.71. The van der Waals surface area contributed by atoms with Crippen molar-refractivity contribution < 1.29 is 9.59 Å². The third-order valence-corrected chi connectivity index (χ3v) is 3.47. The van der Waals surface area contributed by atoms with E-state index in [-0.39, 0.29) is 30.5 Å². The van der Waals surface area contributed by atoms with Gasteiger partial charge in [-0.15, -0.1) is 5.10 Å². The van der Waals surface area contributed by atoms with Gasteiger partial charge in [-0.2, -0.15) is 0 Å². The number of amides is 2. The van der Waals surface area contributed by atoms with Crippen LogP contribution >= 0.6 is 0 Å². The number of benzene rings is 1. The van der Waals surface area contributed by atoms with Gasteiger partial charge in [0.05, 0.1) is 11.9 Å². The SMILES string of the molecule is CCN(CC(=O)N(C)C)C(=O)Cn1nnc2ccccc2c1=O. The number of aromatic nitrogens is 3. The topological polar surface area (TPSA) is 88.4 Å². The van der Waals surface area contributed by atoms with Crippen LogP contribution in [0.25, 0.3) is 10.9 Å². The summed E-state index contributed by atoms with van der Waals surface area (Å²) in [7, 11) is 3.25. The molecule has 0 N–H and O–H groups in total. The minimum Gasteiger partial charge on any atom is -0.347 e. The first kappa shape index (κ1) is 16.6. The van der Waals surface area contributed by atoms with Crippen LogP contribution in [0.15, 0.2) is 29.1 Å². The van der Waals surface area contributed by atoms with E-state index in [0.29, 0.717) is 17.4 Å². The van der Waals surface area contributed by atoms with Crippen LogP contribution in [0.4, 0.5) is 0 Å². The van der Waals surface area contributed by atoms with Crippen LogP contribution in [0.3, 0.4) is 0 Å². The molecule has 8 heteroatoms. The number of carbonyl (C=O) groups excluding carboxylic acids is 2. The Morgan fingerprint density at radius 1 is 1.17 bits per heavy atom. The quantitative estimate of drug-likeness (QED) is 0.757. The van der Waals surface area contributed by atoms with Gasteiger partial charge in [0.1, 0.15) is 12.1 Å². The molecule has 0 bridgehead atoms. The van der Waals surface area contributed by atoms with Crippen molar-refractivity contribution in [2.45, 2.75) is 13.5 Å². The second kappa shape index (κ2) is 6.99. The second-order valence-corrected chi connectivity index (χ2v) is 5.27. The molecule has 1 aromatic heterocycles. The molecule has 0 aliphatic heterocycles. The lowest BCUT2D eigenvalue weighted by atomic mass is 10.2. The Hall–Kier alpha value is -2.77. The number of carbonyl (C=O) groups is 2. The fraction of sp³-hybridized carbons (Fsp3) is 0.400. The molecule has 2 rings (SSSR count). The zero-order chi connectivity index (χ0) is 17.0. The van der Waals surface area contributed by atoms with E-state index in [1.807, 2.05) is 0 Å². The van der Waals surface area contributed by atoms with Gasteiger partial charge < -0.3 is 9.80 Å². The van der Waals surface area contributed by atoms with Gasteiger partial charge >= 0.3 is 0 Å². The normalized spacial score (nSPS) is 10.6. The summed E-state index contributed by atoms with van der Waals surface area (Å²) in [5.41, 5.74) is 0.107. The summed E-state index contributed by atoms with van der Waals surface area (Å²) in [5, 5.41) is 8.13. The molecule has 0 aliphatic rings. The molecule has 0 radical (unpaired) electrons. The second-order valence-electron chi connectivity index (χ2n) is 5.27. The lowest BCUT2D eigenvalue weighted by Crippen LogP contribution is -2.43. The molecule has 0 spiro atoms. The Balaban J connectivity index is 2.20. The van der Waals surface area contributed by atoms with Crippen LogP contribution < -0.4 is 5.56 Å². The largest absolute Gasteiger partial charge is 0.347 e. The van der Waals surface area contributed by atoms with E-state index in [1.54, 1.807) is 45.3 Å². The zero-order valence-electron chi connectivity index (χ0n) is 13.4. The van der Waals surface area contributed by atoms with Crippen LogP contribution in [0.1, 0.15) is 6.92 Å². The van der Waals surface area contributed by atoms with Gasteiger partial charge in [-0.25, -0.2) is 4.68 Å². The fourth-order valence-corrected chi connectivity index (χ4v) is 2.04. The molecule has 23 heavy (non-hydrogen) atoms. The molecule has 0 saturated heterocycles. The van der Waals surface area contributed by atoms with Crippen molar-refractivity contribution in [3.8, 4) is 0 Å². The highest BCUT2D eigenvalue weighted by Gasteiger charge is 2.18. The van der Waals surface area contributed by atoms with Gasteiger partial charge in [-0.1, -0.05) is 17.3 Å². The van der Waals surface area contributed by atoms with Crippen molar-refractivity contribution >= 4 is 22.7 Å². The molecule has 2 aromatic rings. The van der Waals surface area contributed by atoms with E-state index < -0.39 is 0 Å². The van der Waals surface area contributed by atoms with Gasteiger partial charge in [0.2, 0.25) is 11.8 Å². The van der Waals surface area contributed by atoms with Crippen molar-refractivity contribution in [1.29, 1.82) is 0 Å². The number of nitrogens with zero attached hydrogens (tertiary/aromatic N) is 5. The molecular weight excluding hydrogens is 298 g/mol. The molecule has 1 heterocycles. The standard InChI is InChI=1S/C15H19N5O3/c1-4-19(9-13(21)18(2)3)14(22)10-20-15(23)11-7-5-6-8-12(11)16-17-20/h5-8H,4,9-10H2,1-3H3. The molecule has 122 valence electrons. The van der Waals surface area contributed by atoms with E-state index in [1.165, 1.54) is 9.80 Å². The van der Waals surface area contributed by atoms with E-state index in [4.69, 9.17) is 0 Å². The number of likely N-dealkylation sites (N-methyl/N-ethyl adjacent to an activating group) is 2. The third-order valence-electron chi connectivity index (χ3n) is 3.47. The molecule has 0 aliphatic carbocycles. The molecule has 0 atom stereocenters. The summed E-state index contributed by atoms with van der Waals surface area (Å²) in [6, 6.07) is 6.81. The van der Waals surface area contributed by atoms with E-state index in [9.17, 15) is 14.4 Å². The Kier molecular flexibility index (Phi) is 5.05. The van der Waals surface area contributed by atoms with Gasteiger partial charge in [0.15, 0.2) is 0 Å². The number of fused-ring (bicyclic) bond motifs is 1. The predicted octanol–water partition coefficient (Wildman–Crippen LogP) is -0.272. The fourth-order valence-electron chi connectivity index (χ4n) is 2.04. The minimum atomic E-state index is -0.376. The summed E-state index contributed by atoms with van der Waals surface area (Å²) < 4.78 is 1.02. The van der Waals surface area contributed by atoms with E-state index in [0.717, 1.165) is 4.68 Å². The molecule has 1 aromatic carbocycles. The van der Waals surface area contributed by atoms with Gasteiger partial charge in [0, 0.05) is 20.6 Å². The lowest BCUT2D eigenvalue weighted by molar-refractivity contribution is -0.139. The smallest absolute Gasteiger partial charge is 0.278 e. The van der Waals surface area contributed by atoms with E-state index >= 15 is 0 Å². The van der Waals surface area contributed by atoms with Crippen LogP contribution in [-0.4, -0.2) is 63.8 Å². The van der Waals surface area contributed by atoms with Crippen LogP contribution in [0.5, 0.6) is 0 Å². The molecule has 0 saturated carbocycles. The highest BCUT2D eigenvalue weighted by molar-refractivity contribution is 5.84. The maximum Gasteiger partial charge on any atom is 0.278 e. The Labute approximate surface area is 133 Å². The van der Waals surface area contributed by atoms with Gasteiger partial charge in [-0.3, -0.25) is 14.4 Å². The molecular formula is C15H19N5O3. The lowest BCUT2D eigenvalue weighted by Gasteiger charge is -2.22. The minimum absolute atomic E-state index is 0.0297. The molecule has 0 unspecified atom stereocenters. The van der Waals surface area contributed by atoms with Crippen molar-refractivity contribution in [2.75, 3.05) is 27.2 Å². The first-order valence-electron chi connectivity index (χ1n) is 7.24. The van der Waals surface area contributed by atoms with Crippen LogP contribution in [0, 0.1) is 0 Å². The zero-order valence-corrected chi connectivity index (χ0v) is 13.4. The van der Waals surface area contributed by atoms with Crippen molar-refractivity contribution in [2.24, 2.45) is 0 Å². The predicted molar refractivity (Wildman–Crippen MR) is 84.7 cm³/mol. The first-order valence-corrected chi connectivity index (χ1v) is 7.24. The Bertz CT molecular complexity index is 784. The van der Waals surface area contributed by atoms with E-state index in [2.05, 4.69) is 10.3 Å². The summed E-state index contributed by atoms with van der Waals surface area (Å²) in [4.78, 5) is 39.2. The summed E-state index contributed by atoms with van der Waals surface area (Å²) in [5.74, 6) is -0.536.